The first-order chi connectivity index (χ1) is 9.19. The minimum Gasteiger partial charge on any atom is -0.396 e. The van der Waals surface area contributed by atoms with Crippen molar-refractivity contribution < 1.29 is 15.0 Å². The largest absolute Gasteiger partial charge is 0.396 e. The summed E-state index contributed by atoms with van der Waals surface area (Å²) in [5.74, 6) is -0.260. The van der Waals surface area contributed by atoms with Gasteiger partial charge in [0.05, 0.1) is 18.1 Å². The Labute approximate surface area is 110 Å². The van der Waals surface area contributed by atoms with Gasteiger partial charge in [0.25, 0.3) is 5.91 Å². The molecule has 0 aliphatic carbocycles. The molecule has 3 atom stereocenters. The molecule has 0 spiro atoms. The van der Waals surface area contributed by atoms with E-state index in [1.54, 1.807) is 6.21 Å². The highest BCUT2D eigenvalue weighted by Crippen LogP contribution is 2.24. The number of carbonyl (C=O) groups is 1. The van der Waals surface area contributed by atoms with Crippen LogP contribution in [-0.4, -0.2) is 72.0 Å². The van der Waals surface area contributed by atoms with Gasteiger partial charge in [0.15, 0.2) is 6.04 Å². The van der Waals surface area contributed by atoms with E-state index in [9.17, 15) is 9.90 Å². The summed E-state index contributed by atoms with van der Waals surface area (Å²) in [6, 6.07) is -0.527. The third-order valence-electron chi connectivity index (χ3n) is 3.74. The van der Waals surface area contributed by atoms with E-state index in [1.165, 1.54) is 6.34 Å². The number of hydrogen-bond acceptors (Lipinski definition) is 6. The molecule has 7 nitrogen and oxygen atoms in total. The number of aliphatic hydroxyl groups excluding tert-OH is 2. The van der Waals surface area contributed by atoms with Crippen LogP contribution in [-0.2, 0) is 4.79 Å². The topological polar surface area (TPSA) is 97.5 Å². The quantitative estimate of drug-likeness (QED) is 0.556. The average molecular weight is 264 g/mol. The highest BCUT2D eigenvalue weighted by Gasteiger charge is 2.34. The lowest BCUT2D eigenvalue weighted by atomic mass is 10.1. The summed E-state index contributed by atoms with van der Waals surface area (Å²) >= 11 is 0. The van der Waals surface area contributed by atoms with Crippen molar-refractivity contribution in [3.05, 3.63) is 11.3 Å². The zero-order valence-electron chi connectivity index (χ0n) is 10.4. The standard InChI is InChI=1S/C12H16N4O3/c17-5-8-3-16(4-9(8)18)2-7-1-13-11-10(7)14-6-15-12(11)19/h1,6,8-9,11,17-18H,2-5H2,(H,14,15,19)/t8?,9-,11?/m1/s1. The monoisotopic (exact) mass is 264 g/mol. The molecule has 2 unspecified atom stereocenters. The number of nitrogens with one attached hydrogen (secondary N) is 1. The summed E-state index contributed by atoms with van der Waals surface area (Å²) in [4.78, 5) is 22.0. The lowest BCUT2D eigenvalue weighted by Crippen LogP contribution is -2.36. The van der Waals surface area contributed by atoms with Crippen molar-refractivity contribution in [3.8, 4) is 0 Å². The maximum Gasteiger partial charge on any atom is 0.256 e. The normalized spacial score (nSPS) is 34.0. The lowest BCUT2D eigenvalue weighted by molar-refractivity contribution is -0.120. The molecule has 0 aromatic heterocycles. The van der Waals surface area contributed by atoms with Gasteiger partial charge in [-0.1, -0.05) is 0 Å². The van der Waals surface area contributed by atoms with Gasteiger partial charge < -0.3 is 15.5 Å². The minimum absolute atomic E-state index is 0.0131. The van der Waals surface area contributed by atoms with E-state index in [0.29, 0.717) is 25.3 Å². The predicted molar refractivity (Wildman–Crippen MR) is 69.0 cm³/mol. The van der Waals surface area contributed by atoms with Gasteiger partial charge in [-0.2, -0.15) is 0 Å². The number of fused-ring (bicyclic) bond motifs is 1. The summed E-state index contributed by atoms with van der Waals surface area (Å²) in [6.45, 7) is 1.74. The Bertz CT molecular complexity index is 485. The van der Waals surface area contributed by atoms with E-state index in [-0.39, 0.29) is 18.4 Å². The number of likely N-dealkylation sites (tertiary alicyclic amines) is 1. The molecule has 0 bridgehead atoms. The molecular weight excluding hydrogens is 248 g/mol. The van der Waals surface area contributed by atoms with E-state index in [1.807, 2.05) is 4.90 Å². The van der Waals surface area contributed by atoms with Crippen molar-refractivity contribution in [2.75, 3.05) is 26.2 Å². The Balaban J connectivity index is 1.73. The number of carbonyl (C=O) groups excluding carboxylic acids is 1. The Kier molecular flexibility index (Phi) is 3.17. The van der Waals surface area contributed by atoms with Crippen LogP contribution in [0.15, 0.2) is 21.3 Å². The molecule has 0 aromatic carbocycles. The number of nitrogens with zero attached hydrogens (tertiary/aromatic N) is 3. The zero-order valence-corrected chi connectivity index (χ0v) is 10.4. The smallest absolute Gasteiger partial charge is 0.256 e. The van der Waals surface area contributed by atoms with E-state index in [0.717, 1.165) is 5.57 Å². The second-order valence-corrected chi connectivity index (χ2v) is 5.06. The van der Waals surface area contributed by atoms with Crippen molar-refractivity contribution in [2.24, 2.45) is 15.9 Å². The van der Waals surface area contributed by atoms with Gasteiger partial charge in [-0.3, -0.25) is 14.7 Å². The van der Waals surface area contributed by atoms with Crippen LogP contribution in [0.1, 0.15) is 0 Å². The van der Waals surface area contributed by atoms with Gasteiger partial charge in [0, 0.05) is 43.9 Å². The van der Waals surface area contributed by atoms with Crippen LogP contribution >= 0.6 is 0 Å². The third kappa shape index (κ3) is 2.20. The first-order valence-electron chi connectivity index (χ1n) is 6.29. The number of amides is 1. The van der Waals surface area contributed by atoms with Crippen molar-refractivity contribution in [1.82, 2.24) is 10.2 Å². The Morgan fingerprint density at radius 3 is 3.05 bits per heavy atom. The fraction of sp³-hybridized carbons (Fsp3) is 0.583. The van der Waals surface area contributed by atoms with Gasteiger partial charge in [-0.25, -0.2) is 4.99 Å². The first-order valence-corrected chi connectivity index (χ1v) is 6.29. The molecule has 3 heterocycles. The van der Waals surface area contributed by atoms with Crippen LogP contribution in [0.25, 0.3) is 0 Å². The molecule has 3 aliphatic rings. The molecule has 7 heteroatoms. The molecule has 0 saturated carbocycles. The van der Waals surface area contributed by atoms with Crippen LogP contribution in [0.4, 0.5) is 0 Å². The molecule has 102 valence electrons. The summed E-state index contributed by atoms with van der Waals surface area (Å²) in [5.41, 5.74) is 1.59. The molecule has 0 radical (unpaired) electrons. The molecule has 3 N–H and O–H groups in total. The SMILES string of the molecule is O=C1NC=NC2=C(CN3CC(CO)[C@H](O)C3)C=NC12. The van der Waals surface area contributed by atoms with Crippen molar-refractivity contribution in [3.63, 3.8) is 0 Å². The van der Waals surface area contributed by atoms with Crippen LogP contribution in [0, 0.1) is 5.92 Å². The predicted octanol–water partition coefficient (Wildman–Crippen LogP) is -1.86. The summed E-state index contributed by atoms with van der Waals surface area (Å²) in [6.07, 6.45) is 2.57. The fourth-order valence-corrected chi connectivity index (χ4v) is 2.68. The second kappa shape index (κ2) is 4.84. The van der Waals surface area contributed by atoms with Gasteiger partial charge in [0.1, 0.15) is 0 Å². The van der Waals surface area contributed by atoms with Crippen molar-refractivity contribution in [1.29, 1.82) is 0 Å². The summed E-state index contributed by atoms with van der Waals surface area (Å²) < 4.78 is 0. The number of β-amino-alcohol motifs (C(OH)–C–C–N with tert-alkyl or cyclic N) is 1. The van der Waals surface area contributed by atoms with Crippen molar-refractivity contribution in [2.45, 2.75) is 12.1 Å². The molecule has 1 amide bonds. The van der Waals surface area contributed by atoms with Crippen LogP contribution in [0.5, 0.6) is 0 Å². The Morgan fingerprint density at radius 2 is 2.32 bits per heavy atom. The lowest BCUT2D eigenvalue weighted by Gasteiger charge is -2.17. The molecule has 0 aromatic rings. The van der Waals surface area contributed by atoms with E-state index >= 15 is 0 Å². The third-order valence-corrected chi connectivity index (χ3v) is 3.74. The van der Waals surface area contributed by atoms with Crippen LogP contribution in [0.2, 0.25) is 0 Å². The maximum atomic E-state index is 11.6. The first kappa shape index (κ1) is 12.5. The van der Waals surface area contributed by atoms with Gasteiger partial charge in [-0.05, 0) is 0 Å². The van der Waals surface area contributed by atoms with Gasteiger partial charge in [-0.15, -0.1) is 0 Å². The molecule has 3 rings (SSSR count). The molecule has 1 fully saturated rings. The fourth-order valence-electron chi connectivity index (χ4n) is 2.68. The van der Waals surface area contributed by atoms with E-state index in [2.05, 4.69) is 15.3 Å². The van der Waals surface area contributed by atoms with E-state index in [4.69, 9.17) is 5.11 Å². The number of aliphatic hydroxyl groups is 2. The molecule has 19 heavy (non-hydrogen) atoms. The molecular formula is C12H16N4O3. The highest BCUT2D eigenvalue weighted by molar-refractivity contribution is 6.01. The summed E-state index contributed by atoms with van der Waals surface area (Å²) in [7, 11) is 0. The van der Waals surface area contributed by atoms with Crippen LogP contribution < -0.4 is 5.32 Å². The highest BCUT2D eigenvalue weighted by atomic mass is 16.3. The van der Waals surface area contributed by atoms with Crippen LogP contribution in [0.3, 0.4) is 0 Å². The van der Waals surface area contributed by atoms with Gasteiger partial charge in [0.2, 0.25) is 0 Å². The number of aliphatic imine (C=N–C) groups is 2. The molecule has 1 saturated heterocycles. The van der Waals surface area contributed by atoms with Gasteiger partial charge >= 0.3 is 0 Å². The number of hydrogen-bond donors (Lipinski definition) is 3. The number of rotatable bonds is 3. The average Bonchev–Trinajstić information content (AvgIpc) is 2.95. The molecule has 3 aliphatic heterocycles. The minimum atomic E-state index is -0.527. The Morgan fingerprint density at radius 1 is 1.47 bits per heavy atom. The maximum absolute atomic E-state index is 11.6. The summed E-state index contributed by atoms with van der Waals surface area (Å²) in [5, 5.41) is 21.4. The van der Waals surface area contributed by atoms with Crippen molar-refractivity contribution >= 4 is 18.5 Å². The zero-order chi connectivity index (χ0) is 13.4. The Hall–Kier alpha value is -1.57. The van der Waals surface area contributed by atoms with E-state index < -0.39 is 12.1 Å². The second-order valence-electron chi connectivity index (χ2n) is 5.06.